The first-order valence-corrected chi connectivity index (χ1v) is 9.56. The number of aryl methyl sites for hydroxylation is 1. The summed E-state index contributed by atoms with van der Waals surface area (Å²) in [7, 11) is 1.64. The van der Waals surface area contributed by atoms with E-state index in [-0.39, 0.29) is 28.4 Å². The average Bonchev–Trinajstić information content (AvgIpc) is 2.64. The Hall–Kier alpha value is -2.67. The molecule has 2 aromatic heterocycles. The summed E-state index contributed by atoms with van der Waals surface area (Å²) in [5.41, 5.74) is 8.57. The number of carbonyl (C=O) groups is 1. The van der Waals surface area contributed by atoms with Gasteiger partial charge < -0.3 is 15.4 Å². The summed E-state index contributed by atoms with van der Waals surface area (Å²) in [6, 6.07) is 1.91. The number of anilines is 2. The number of hydrogen-bond acceptors (Lipinski definition) is 7. The van der Waals surface area contributed by atoms with Gasteiger partial charge in [0.15, 0.2) is 5.78 Å². The first-order chi connectivity index (χ1) is 13.3. The number of nitrogen functional groups attached to an aromatic ring is 1. The zero-order chi connectivity index (χ0) is 20.4. The molecule has 2 N–H and O–H groups in total. The SMILES string of the molecule is CCc1cnc(CN2C/C(=C\C(C)C)C(=O)c3c(Cl)nc(N)nc32)cc1OC. The van der Waals surface area contributed by atoms with Gasteiger partial charge in [-0.1, -0.05) is 38.4 Å². The number of ether oxygens (including phenoxy) is 1. The maximum Gasteiger partial charge on any atom is 0.223 e. The van der Waals surface area contributed by atoms with Crippen LogP contribution in [0.2, 0.25) is 5.15 Å². The number of rotatable bonds is 5. The van der Waals surface area contributed by atoms with Gasteiger partial charge >= 0.3 is 0 Å². The molecule has 1 aliphatic rings. The van der Waals surface area contributed by atoms with E-state index in [0.717, 1.165) is 23.4 Å². The predicted octanol–water partition coefficient (Wildman–Crippen LogP) is 3.46. The number of aromatic nitrogens is 3. The van der Waals surface area contributed by atoms with Gasteiger partial charge in [0.2, 0.25) is 5.95 Å². The normalized spacial score (nSPS) is 15.3. The third-order valence-corrected chi connectivity index (χ3v) is 4.80. The number of hydrogen-bond donors (Lipinski definition) is 1. The van der Waals surface area contributed by atoms with Gasteiger partial charge in [-0.3, -0.25) is 9.78 Å². The number of fused-ring (bicyclic) bond motifs is 1. The van der Waals surface area contributed by atoms with E-state index in [2.05, 4.69) is 21.9 Å². The number of nitrogens with zero attached hydrogens (tertiary/aromatic N) is 4. The fourth-order valence-corrected chi connectivity index (χ4v) is 3.54. The first-order valence-electron chi connectivity index (χ1n) is 9.19. The Labute approximate surface area is 169 Å². The van der Waals surface area contributed by atoms with Crippen molar-refractivity contribution in [3.8, 4) is 5.75 Å². The predicted molar refractivity (Wildman–Crippen MR) is 110 cm³/mol. The Kier molecular flexibility index (Phi) is 5.84. The van der Waals surface area contributed by atoms with Crippen LogP contribution in [-0.2, 0) is 13.0 Å². The molecular formula is C20H24ClN5O2. The average molecular weight is 402 g/mol. The van der Waals surface area contributed by atoms with Crippen LogP contribution in [0, 0.1) is 5.92 Å². The van der Waals surface area contributed by atoms with E-state index in [9.17, 15) is 4.79 Å². The van der Waals surface area contributed by atoms with Crippen LogP contribution in [0.4, 0.5) is 11.8 Å². The van der Waals surface area contributed by atoms with Crippen LogP contribution in [-0.4, -0.2) is 34.4 Å². The number of halogens is 1. The molecule has 0 unspecified atom stereocenters. The van der Waals surface area contributed by atoms with Gasteiger partial charge in [0.05, 0.1) is 19.3 Å². The molecule has 0 atom stereocenters. The summed E-state index contributed by atoms with van der Waals surface area (Å²) in [6.07, 6.45) is 4.59. The van der Waals surface area contributed by atoms with E-state index >= 15 is 0 Å². The van der Waals surface area contributed by atoms with Gasteiger partial charge in [0, 0.05) is 29.9 Å². The topological polar surface area (TPSA) is 94.2 Å². The summed E-state index contributed by atoms with van der Waals surface area (Å²) in [4.78, 5) is 27.7. The maximum atomic E-state index is 12.9. The zero-order valence-corrected chi connectivity index (χ0v) is 17.2. The fraction of sp³-hybridized carbons (Fsp3) is 0.400. The largest absolute Gasteiger partial charge is 0.496 e. The Balaban J connectivity index is 2.05. The second-order valence-electron chi connectivity index (χ2n) is 7.03. The standard InChI is InChI=1S/C20H24ClN5O2/c1-5-12-8-23-14(7-15(12)28-4)10-26-9-13(6-11(2)3)17(27)16-18(21)24-20(22)25-19(16)26/h6-8,11H,5,9-10H2,1-4H3,(H2,22,24,25)/b13-6+. The molecule has 0 aliphatic carbocycles. The highest BCUT2D eigenvalue weighted by atomic mass is 35.5. The summed E-state index contributed by atoms with van der Waals surface area (Å²) < 4.78 is 5.47. The van der Waals surface area contributed by atoms with E-state index in [0.29, 0.717) is 24.5 Å². The molecule has 2 aromatic rings. The highest BCUT2D eigenvalue weighted by Gasteiger charge is 2.32. The van der Waals surface area contributed by atoms with E-state index in [1.54, 1.807) is 7.11 Å². The molecule has 0 amide bonds. The number of allylic oxidation sites excluding steroid dienone is 1. The van der Waals surface area contributed by atoms with Crippen LogP contribution in [0.3, 0.4) is 0 Å². The van der Waals surface area contributed by atoms with Crippen molar-refractivity contribution in [2.45, 2.75) is 33.7 Å². The third kappa shape index (κ3) is 3.94. The Bertz CT molecular complexity index is 942. The minimum absolute atomic E-state index is 0.0321. The smallest absolute Gasteiger partial charge is 0.223 e. The summed E-state index contributed by atoms with van der Waals surface area (Å²) in [5.74, 6) is 1.32. The Morgan fingerprint density at radius 3 is 2.79 bits per heavy atom. The van der Waals surface area contributed by atoms with E-state index in [1.807, 2.05) is 37.1 Å². The second-order valence-corrected chi connectivity index (χ2v) is 7.39. The van der Waals surface area contributed by atoms with Crippen LogP contribution in [0.25, 0.3) is 0 Å². The monoisotopic (exact) mass is 401 g/mol. The van der Waals surface area contributed by atoms with E-state index in [4.69, 9.17) is 22.1 Å². The van der Waals surface area contributed by atoms with Gasteiger partial charge in [-0.15, -0.1) is 0 Å². The Morgan fingerprint density at radius 2 is 2.14 bits per heavy atom. The maximum absolute atomic E-state index is 12.9. The van der Waals surface area contributed by atoms with Crippen molar-refractivity contribution < 1.29 is 9.53 Å². The number of Topliss-reactive ketones (excluding diaryl/α,β-unsaturated/α-hetero) is 1. The zero-order valence-electron chi connectivity index (χ0n) is 16.5. The molecule has 0 saturated heterocycles. The molecule has 3 rings (SSSR count). The lowest BCUT2D eigenvalue weighted by Crippen LogP contribution is -2.35. The van der Waals surface area contributed by atoms with Gasteiger partial charge in [-0.25, -0.2) is 4.98 Å². The molecule has 1 aliphatic heterocycles. The number of ketones is 1. The van der Waals surface area contributed by atoms with Crippen molar-refractivity contribution in [1.29, 1.82) is 0 Å². The fourth-order valence-electron chi connectivity index (χ4n) is 3.28. The van der Waals surface area contributed by atoms with Crippen LogP contribution in [0.5, 0.6) is 5.75 Å². The third-order valence-electron chi connectivity index (χ3n) is 4.53. The summed E-state index contributed by atoms with van der Waals surface area (Å²) >= 11 is 6.26. The minimum atomic E-state index is -0.156. The number of carbonyl (C=O) groups excluding carboxylic acids is 1. The molecule has 8 heteroatoms. The molecule has 3 heterocycles. The van der Waals surface area contributed by atoms with Crippen LogP contribution >= 0.6 is 11.6 Å². The van der Waals surface area contributed by atoms with Gasteiger partial charge in [-0.2, -0.15) is 4.98 Å². The molecule has 0 aromatic carbocycles. The Morgan fingerprint density at radius 1 is 1.39 bits per heavy atom. The molecular weight excluding hydrogens is 378 g/mol. The van der Waals surface area contributed by atoms with Crippen molar-refractivity contribution in [3.05, 3.63) is 45.9 Å². The highest BCUT2D eigenvalue weighted by molar-refractivity contribution is 6.35. The van der Waals surface area contributed by atoms with E-state index in [1.165, 1.54) is 0 Å². The molecule has 0 spiro atoms. The quantitative estimate of drug-likeness (QED) is 0.605. The lowest BCUT2D eigenvalue weighted by atomic mass is 9.96. The van der Waals surface area contributed by atoms with Crippen molar-refractivity contribution in [2.75, 3.05) is 24.3 Å². The summed E-state index contributed by atoms with van der Waals surface area (Å²) in [6.45, 7) is 6.93. The lowest BCUT2D eigenvalue weighted by Gasteiger charge is -2.31. The molecule has 0 fully saturated rings. The molecule has 28 heavy (non-hydrogen) atoms. The van der Waals surface area contributed by atoms with Gasteiger partial charge in [-0.05, 0) is 12.3 Å². The second kappa shape index (κ2) is 8.14. The van der Waals surface area contributed by atoms with Crippen molar-refractivity contribution in [2.24, 2.45) is 5.92 Å². The van der Waals surface area contributed by atoms with Gasteiger partial charge in [0.1, 0.15) is 22.3 Å². The van der Waals surface area contributed by atoms with Crippen LogP contribution in [0.1, 0.15) is 42.4 Å². The molecule has 7 nitrogen and oxygen atoms in total. The first kappa shape index (κ1) is 20.1. The van der Waals surface area contributed by atoms with Crippen molar-refractivity contribution >= 4 is 29.2 Å². The highest BCUT2D eigenvalue weighted by Crippen LogP contribution is 2.34. The van der Waals surface area contributed by atoms with Crippen LogP contribution < -0.4 is 15.4 Å². The van der Waals surface area contributed by atoms with Crippen molar-refractivity contribution in [3.63, 3.8) is 0 Å². The number of pyridine rings is 1. The van der Waals surface area contributed by atoms with Crippen molar-refractivity contribution in [1.82, 2.24) is 15.0 Å². The minimum Gasteiger partial charge on any atom is -0.496 e. The number of nitrogens with two attached hydrogens (primary N) is 1. The summed E-state index contributed by atoms with van der Waals surface area (Å²) in [5, 5.41) is 0.0683. The molecule has 148 valence electrons. The lowest BCUT2D eigenvalue weighted by molar-refractivity contribution is 0.102. The van der Waals surface area contributed by atoms with Gasteiger partial charge in [0.25, 0.3) is 0 Å². The van der Waals surface area contributed by atoms with E-state index < -0.39 is 0 Å². The van der Waals surface area contributed by atoms with Crippen LogP contribution in [0.15, 0.2) is 23.9 Å². The molecule has 0 saturated carbocycles. The molecule has 0 bridgehead atoms. The number of methoxy groups -OCH3 is 1. The molecule has 0 radical (unpaired) electrons.